The summed E-state index contributed by atoms with van der Waals surface area (Å²) in [5.41, 5.74) is 2.76. The minimum absolute atomic E-state index is 0.144. The molecule has 3 fully saturated rings. The van der Waals surface area contributed by atoms with Gasteiger partial charge in [-0.25, -0.2) is 13.4 Å². The SMILES string of the molecule is O=C(NC1CC2(CCN(Cc3ccc(-n4ccnc4)cc3)CC2)C1)[C@H]1CCCS1(=O)=O. The summed E-state index contributed by atoms with van der Waals surface area (Å²) in [6.45, 7) is 3.10. The Bertz CT molecular complexity index is 1020. The van der Waals surface area contributed by atoms with Crippen molar-refractivity contribution in [2.75, 3.05) is 18.8 Å². The number of likely N-dealkylation sites (tertiary alicyclic amines) is 1. The summed E-state index contributed by atoms with van der Waals surface area (Å²) in [6, 6.07) is 8.78. The number of amides is 1. The highest BCUT2D eigenvalue weighted by molar-refractivity contribution is 7.93. The van der Waals surface area contributed by atoms with Crippen LogP contribution < -0.4 is 5.32 Å². The van der Waals surface area contributed by atoms with Gasteiger partial charge in [0.1, 0.15) is 5.25 Å². The van der Waals surface area contributed by atoms with E-state index in [-0.39, 0.29) is 17.7 Å². The summed E-state index contributed by atoms with van der Waals surface area (Å²) in [6.07, 6.45) is 10.9. The molecule has 5 rings (SSSR count). The van der Waals surface area contributed by atoms with Gasteiger partial charge in [-0.1, -0.05) is 12.1 Å². The Morgan fingerprint density at radius 1 is 1.16 bits per heavy atom. The molecule has 1 spiro atoms. The summed E-state index contributed by atoms with van der Waals surface area (Å²) < 4.78 is 26.0. The maximum absolute atomic E-state index is 12.4. The molecule has 2 saturated heterocycles. The van der Waals surface area contributed by atoms with Gasteiger partial charge in [0, 0.05) is 30.7 Å². The number of sulfone groups is 1. The van der Waals surface area contributed by atoms with E-state index in [2.05, 4.69) is 39.5 Å². The molecule has 7 nitrogen and oxygen atoms in total. The molecular weight excluding hydrogens is 412 g/mol. The van der Waals surface area contributed by atoms with E-state index in [1.54, 1.807) is 12.5 Å². The predicted octanol–water partition coefficient (Wildman–Crippen LogP) is 2.31. The van der Waals surface area contributed by atoms with Crippen LogP contribution in [-0.4, -0.2) is 58.9 Å². The number of hydrogen-bond donors (Lipinski definition) is 1. The second-order valence-electron chi connectivity index (χ2n) is 9.52. The van der Waals surface area contributed by atoms with Gasteiger partial charge < -0.3 is 9.88 Å². The van der Waals surface area contributed by atoms with Crippen LogP contribution in [0.25, 0.3) is 5.69 Å². The molecule has 8 heteroatoms. The number of aromatic nitrogens is 2. The van der Waals surface area contributed by atoms with E-state index in [1.807, 2.05) is 10.8 Å². The first-order chi connectivity index (χ1) is 14.9. The van der Waals surface area contributed by atoms with Crippen LogP contribution >= 0.6 is 0 Å². The van der Waals surface area contributed by atoms with Gasteiger partial charge in [0.25, 0.3) is 0 Å². The number of benzene rings is 1. The lowest BCUT2D eigenvalue weighted by molar-refractivity contribution is -0.123. The third-order valence-corrected chi connectivity index (χ3v) is 9.56. The van der Waals surface area contributed by atoms with E-state index in [0.29, 0.717) is 18.3 Å². The smallest absolute Gasteiger partial charge is 0.238 e. The summed E-state index contributed by atoms with van der Waals surface area (Å²) in [4.78, 5) is 19.0. The third-order valence-electron chi connectivity index (χ3n) is 7.39. The van der Waals surface area contributed by atoms with E-state index in [0.717, 1.165) is 51.0 Å². The molecule has 1 amide bonds. The predicted molar refractivity (Wildman–Crippen MR) is 118 cm³/mol. The van der Waals surface area contributed by atoms with Crippen LogP contribution in [0, 0.1) is 5.41 Å². The van der Waals surface area contributed by atoms with Crippen molar-refractivity contribution >= 4 is 15.7 Å². The highest BCUT2D eigenvalue weighted by Crippen LogP contribution is 2.49. The maximum Gasteiger partial charge on any atom is 0.238 e. The van der Waals surface area contributed by atoms with Crippen molar-refractivity contribution < 1.29 is 13.2 Å². The first-order valence-electron chi connectivity index (χ1n) is 11.2. The van der Waals surface area contributed by atoms with Gasteiger partial charge in [0.05, 0.1) is 12.1 Å². The number of nitrogens with zero attached hydrogens (tertiary/aromatic N) is 3. The van der Waals surface area contributed by atoms with Crippen LogP contribution in [0.4, 0.5) is 0 Å². The fraction of sp³-hybridized carbons (Fsp3) is 0.565. The molecule has 1 aromatic carbocycles. The third kappa shape index (κ3) is 4.28. The molecule has 0 bridgehead atoms. The van der Waals surface area contributed by atoms with Crippen LogP contribution in [0.1, 0.15) is 44.1 Å². The molecule has 1 aromatic heterocycles. The average molecular weight is 443 g/mol. The van der Waals surface area contributed by atoms with Gasteiger partial charge >= 0.3 is 0 Å². The second-order valence-corrected chi connectivity index (χ2v) is 11.8. The highest BCUT2D eigenvalue weighted by Gasteiger charge is 2.47. The molecule has 2 aliphatic heterocycles. The number of piperidine rings is 1. The minimum Gasteiger partial charge on any atom is -0.352 e. The Labute approximate surface area is 183 Å². The number of hydrogen-bond acceptors (Lipinski definition) is 5. The minimum atomic E-state index is -3.23. The lowest BCUT2D eigenvalue weighted by Gasteiger charge is -2.52. The van der Waals surface area contributed by atoms with Gasteiger partial charge in [0.2, 0.25) is 5.91 Å². The first-order valence-corrected chi connectivity index (χ1v) is 13.0. The van der Waals surface area contributed by atoms with E-state index in [1.165, 1.54) is 5.56 Å². The molecular formula is C23H30N4O3S. The van der Waals surface area contributed by atoms with Crippen LogP contribution in [0.2, 0.25) is 0 Å². The molecule has 1 N–H and O–H groups in total. The molecule has 1 saturated carbocycles. The monoisotopic (exact) mass is 442 g/mol. The Morgan fingerprint density at radius 2 is 1.90 bits per heavy atom. The normalized spacial score (nSPS) is 25.4. The van der Waals surface area contributed by atoms with Gasteiger partial charge in [-0.15, -0.1) is 0 Å². The zero-order valence-corrected chi connectivity index (χ0v) is 18.6. The van der Waals surface area contributed by atoms with E-state index >= 15 is 0 Å². The van der Waals surface area contributed by atoms with Crippen molar-refractivity contribution in [1.82, 2.24) is 19.8 Å². The number of carbonyl (C=O) groups excluding carboxylic acids is 1. The number of nitrogens with one attached hydrogen (secondary N) is 1. The molecule has 166 valence electrons. The van der Waals surface area contributed by atoms with Crippen molar-refractivity contribution in [2.45, 2.75) is 56.4 Å². The van der Waals surface area contributed by atoms with Gasteiger partial charge in [0.15, 0.2) is 9.84 Å². The fourth-order valence-electron chi connectivity index (χ4n) is 5.50. The van der Waals surface area contributed by atoms with Crippen LogP contribution in [0.15, 0.2) is 43.0 Å². The van der Waals surface area contributed by atoms with Gasteiger partial charge in [-0.2, -0.15) is 0 Å². The molecule has 0 radical (unpaired) electrons. The van der Waals surface area contributed by atoms with Gasteiger partial charge in [-0.05, 0) is 74.7 Å². The van der Waals surface area contributed by atoms with Crippen molar-refractivity contribution in [3.63, 3.8) is 0 Å². The van der Waals surface area contributed by atoms with E-state index in [4.69, 9.17) is 0 Å². The van der Waals surface area contributed by atoms with Gasteiger partial charge in [-0.3, -0.25) is 9.69 Å². The van der Waals surface area contributed by atoms with Crippen molar-refractivity contribution in [1.29, 1.82) is 0 Å². The number of rotatable bonds is 5. The summed E-state index contributed by atoms with van der Waals surface area (Å²) in [5, 5.41) is 2.20. The standard InChI is InChI=1S/C23H30N4O3S/c28-22(21-2-1-13-31(21,29)30)25-19-14-23(15-19)7-10-26(11-8-23)16-18-3-5-20(6-4-18)27-12-9-24-17-27/h3-6,9,12,17,19,21H,1-2,7-8,10-11,13-16H2,(H,25,28)/t21-/m1/s1. The van der Waals surface area contributed by atoms with Crippen molar-refractivity contribution in [3.8, 4) is 5.69 Å². The molecule has 0 unspecified atom stereocenters. The Hall–Kier alpha value is -2.19. The summed E-state index contributed by atoms with van der Waals surface area (Å²) in [7, 11) is -3.23. The zero-order valence-electron chi connectivity index (χ0n) is 17.7. The topological polar surface area (TPSA) is 84.3 Å². The largest absolute Gasteiger partial charge is 0.352 e. The lowest BCUT2D eigenvalue weighted by Crippen LogP contribution is -2.56. The molecule has 1 aliphatic carbocycles. The number of carbonyl (C=O) groups is 1. The number of imidazole rings is 1. The van der Waals surface area contributed by atoms with Crippen molar-refractivity contribution in [3.05, 3.63) is 48.5 Å². The van der Waals surface area contributed by atoms with Crippen molar-refractivity contribution in [2.24, 2.45) is 5.41 Å². The van der Waals surface area contributed by atoms with Crippen LogP contribution in [0.5, 0.6) is 0 Å². The quantitative estimate of drug-likeness (QED) is 0.768. The summed E-state index contributed by atoms with van der Waals surface area (Å²) >= 11 is 0. The Kier molecular flexibility index (Phi) is 5.38. The zero-order chi connectivity index (χ0) is 21.5. The first kappa shape index (κ1) is 20.7. The Balaban J connectivity index is 1.08. The Morgan fingerprint density at radius 3 is 2.52 bits per heavy atom. The average Bonchev–Trinajstić information content (AvgIpc) is 3.38. The maximum atomic E-state index is 12.4. The fourth-order valence-corrected chi connectivity index (χ4v) is 7.28. The highest BCUT2D eigenvalue weighted by atomic mass is 32.2. The molecule has 31 heavy (non-hydrogen) atoms. The molecule has 3 aliphatic rings. The molecule has 1 atom stereocenters. The molecule has 2 aromatic rings. The lowest BCUT2D eigenvalue weighted by atomic mass is 9.60. The molecule has 3 heterocycles. The van der Waals surface area contributed by atoms with E-state index in [9.17, 15) is 13.2 Å². The van der Waals surface area contributed by atoms with E-state index < -0.39 is 15.1 Å². The second kappa shape index (κ2) is 8.06. The van der Waals surface area contributed by atoms with Crippen LogP contribution in [0.3, 0.4) is 0 Å². The van der Waals surface area contributed by atoms with Crippen LogP contribution in [-0.2, 0) is 21.2 Å². The summed E-state index contributed by atoms with van der Waals surface area (Å²) in [5.74, 6) is -0.115.